The van der Waals surface area contributed by atoms with Gasteiger partial charge < -0.3 is 29.2 Å². The Balaban J connectivity index is 1.34. The molecule has 186 valence electrons. The number of carbonyl (C=O) groups is 2. The van der Waals surface area contributed by atoms with E-state index < -0.39 is 5.60 Å². The number of fused-ring (bicyclic) bond motifs is 1. The molecule has 1 aromatic heterocycles. The highest BCUT2D eigenvalue weighted by Crippen LogP contribution is 2.26. The first-order valence-electron chi connectivity index (χ1n) is 12.4. The largest absolute Gasteiger partial charge is 0.490 e. The number of piperidine rings is 1. The molecule has 0 atom stereocenters. The first-order valence-corrected chi connectivity index (χ1v) is 12.4. The molecule has 8 heteroatoms. The number of aromatic amines is 1. The maximum absolute atomic E-state index is 13.1. The van der Waals surface area contributed by atoms with Crippen LogP contribution < -0.4 is 4.74 Å². The minimum atomic E-state index is -0.525. The van der Waals surface area contributed by atoms with E-state index >= 15 is 0 Å². The number of aromatic nitrogens is 1. The van der Waals surface area contributed by atoms with Gasteiger partial charge in [0.25, 0.3) is 5.91 Å². The molecule has 8 nitrogen and oxygen atoms in total. The molecule has 1 N–H and O–H groups in total. The fourth-order valence-corrected chi connectivity index (χ4v) is 4.59. The zero-order chi connectivity index (χ0) is 24.5. The first kappa shape index (κ1) is 24.4. The summed E-state index contributed by atoms with van der Waals surface area (Å²) in [5.74, 6) is 0.794. The van der Waals surface area contributed by atoms with Crippen molar-refractivity contribution < 1.29 is 19.1 Å². The van der Waals surface area contributed by atoms with Crippen LogP contribution >= 0.6 is 0 Å². The lowest BCUT2D eigenvalue weighted by Crippen LogP contribution is -2.51. The number of carbonyl (C=O) groups excluding carboxylic acids is 2. The van der Waals surface area contributed by atoms with E-state index in [9.17, 15) is 9.59 Å². The summed E-state index contributed by atoms with van der Waals surface area (Å²) in [5, 5.41) is 0.966. The van der Waals surface area contributed by atoms with E-state index in [1.165, 1.54) is 0 Å². The van der Waals surface area contributed by atoms with Gasteiger partial charge in [-0.15, -0.1) is 0 Å². The predicted octanol–water partition coefficient (Wildman–Crippen LogP) is 4.11. The summed E-state index contributed by atoms with van der Waals surface area (Å²) in [6, 6.07) is 8.44. The van der Waals surface area contributed by atoms with Crippen molar-refractivity contribution in [2.45, 2.75) is 65.2 Å². The molecule has 2 aliphatic rings. The van der Waals surface area contributed by atoms with Crippen molar-refractivity contribution in [3.8, 4) is 5.75 Å². The number of likely N-dealkylation sites (tertiary alicyclic amines) is 1. The van der Waals surface area contributed by atoms with Crippen molar-refractivity contribution in [2.75, 3.05) is 39.3 Å². The summed E-state index contributed by atoms with van der Waals surface area (Å²) in [6.45, 7) is 14.1. The van der Waals surface area contributed by atoms with Crippen LogP contribution in [0.2, 0.25) is 0 Å². The zero-order valence-corrected chi connectivity index (χ0v) is 21.1. The highest BCUT2D eigenvalue weighted by molar-refractivity contribution is 5.98. The van der Waals surface area contributed by atoms with Gasteiger partial charge in [0.2, 0.25) is 0 Å². The van der Waals surface area contributed by atoms with E-state index in [-0.39, 0.29) is 18.1 Å². The van der Waals surface area contributed by atoms with E-state index in [4.69, 9.17) is 9.47 Å². The normalized spacial score (nSPS) is 18.5. The third kappa shape index (κ3) is 5.84. The molecule has 34 heavy (non-hydrogen) atoms. The van der Waals surface area contributed by atoms with Gasteiger partial charge in [-0.25, -0.2) is 4.79 Å². The molecule has 2 aromatic rings. The molecule has 0 spiro atoms. The van der Waals surface area contributed by atoms with Crippen LogP contribution in [0.3, 0.4) is 0 Å². The SMILES string of the molecule is CC(C)N1CCC(Oc2ccc3[nH]c(C(=O)N4CCN(C(=O)OC(C)(C)C)CC4)cc3c2)CC1. The Morgan fingerprint density at radius 1 is 0.971 bits per heavy atom. The van der Waals surface area contributed by atoms with Gasteiger partial charge >= 0.3 is 6.09 Å². The predicted molar refractivity (Wildman–Crippen MR) is 132 cm³/mol. The summed E-state index contributed by atoms with van der Waals surface area (Å²) >= 11 is 0. The molecule has 3 heterocycles. The Bertz CT molecular complexity index is 1010. The number of hydrogen-bond acceptors (Lipinski definition) is 5. The number of hydrogen-bond donors (Lipinski definition) is 1. The molecule has 0 aliphatic carbocycles. The average molecular weight is 471 g/mol. The Morgan fingerprint density at radius 2 is 1.62 bits per heavy atom. The van der Waals surface area contributed by atoms with Crippen LogP contribution in [0.5, 0.6) is 5.75 Å². The molecule has 4 rings (SSSR count). The number of nitrogens with one attached hydrogen (secondary N) is 1. The van der Waals surface area contributed by atoms with Crippen LogP contribution in [0.15, 0.2) is 24.3 Å². The lowest BCUT2D eigenvalue weighted by molar-refractivity contribution is 0.0140. The third-order valence-corrected chi connectivity index (χ3v) is 6.55. The second kappa shape index (κ2) is 9.86. The molecular weight excluding hydrogens is 432 g/mol. The van der Waals surface area contributed by atoms with Crippen molar-refractivity contribution in [1.29, 1.82) is 0 Å². The van der Waals surface area contributed by atoms with Gasteiger partial charge in [0.1, 0.15) is 23.1 Å². The van der Waals surface area contributed by atoms with Crippen LogP contribution in [0.4, 0.5) is 4.79 Å². The zero-order valence-electron chi connectivity index (χ0n) is 21.1. The highest BCUT2D eigenvalue weighted by Gasteiger charge is 2.29. The molecule has 2 aliphatic heterocycles. The lowest BCUT2D eigenvalue weighted by Gasteiger charge is -2.35. The van der Waals surface area contributed by atoms with E-state index in [0.717, 1.165) is 42.6 Å². The van der Waals surface area contributed by atoms with Gasteiger partial charge in [-0.1, -0.05) is 0 Å². The van der Waals surface area contributed by atoms with E-state index in [1.807, 2.05) is 45.0 Å². The average Bonchev–Trinajstić information content (AvgIpc) is 3.21. The molecule has 2 fully saturated rings. The van der Waals surface area contributed by atoms with E-state index in [1.54, 1.807) is 9.80 Å². The highest BCUT2D eigenvalue weighted by atomic mass is 16.6. The maximum Gasteiger partial charge on any atom is 0.410 e. The van der Waals surface area contributed by atoms with Crippen LogP contribution in [-0.2, 0) is 4.74 Å². The van der Waals surface area contributed by atoms with Crippen molar-refractivity contribution in [1.82, 2.24) is 19.7 Å². The van der Waals surface area contributed by atoms with Crippen molar-refractivity contribution in [2.24, 2.45) is 0 Å². The fraction of sp³-hybridized carbons (Fsp3) is 0.615. The fourth-order valence-electron chi connectivity index (χ4n) is 4.59. The number of amides is 2. The molecule has 2 amide bonds. The standard InChI is InChI=1S/C26H38N4O4/c1-18(2)28-10-8-20(9-11-28)33-21-6-7-22-19(16-21)17-23(27-22)24(31)29-12-14-30(15-13-29)25(32)34-26(3,4)5/h6-7,16-18,20,27H,8-15H2,1-5H3. The Hall–Kier alpha value is -2.74. The summed E-state index contributed by atoms with van der Waals surface area (Å²) in [6.07, 6.45) is 1.96. The molecule has 0 radical (unpaired) electrons. The molecular formula is C26H38N4O4. The first-order chi connectivity index (χ1) is 16.1. The van der Waals surface area contributed by atoms with Gasteiger partial charge in [-0.3, -0.25) is 4.79 Å². The van der Waals surface area contributed by atoms with Crippen LogP contribution in [-0.4, -0.2) is 88.7 Å². The third-order valence-electron chi connectivity index (χ3n) is 6.55. The van der Waals surface area contributed by atoms with Gasteiger partial charge in [-0.2, -0.15) is 0 Å². The summed E-state index contributed by atoms with van der Waals surface area (Å²) in [4.78, 5) is 34.5. The smallest absolute Gasteiger partial charge is 0.410 e. The van der Waals surface area contributed by atoms with E-state index in [2.05, 4.69) is 23.7 Å². The molecule has 0 saturated carbocycles. The maximum atomic E-state index is 13.1. The Kier molecular flexibility index (Phi) is 7.07. The van der Waals surface area contributed by atoms with Gasteiger partial charge in [0, 0.05) is 56.2 Å². The molecule has 1 aromatic carbocycles. The summed E-state index contributed by atoms with van der Waals surface area (Å²) in [7, 11) is 0. The molecule has 0 bridgehead atoms. The van der Waals surface area contributed by atoms with Gasteiger partial charge in [-0.05, 0) is 71.7 Å². The second-order valence-corrected chi connectivity index (χ2v) is 10.6. The number of nitrogens with zero attached hydrogens (tertiary/aromatic N) is 3. The van der Waals surface area contributed by atoms with Crippen molar-refractivity contribution in [3.63, 3.8) is 0 Å². The van der Waals surface area contributed by atoms with Crippen LogP contribution in [0, 0.1) is 0 Å². The van der Waals surface area contributed by atoms with Crippen LogP contribution in [0.25, 0.3) is 10.9 Å². The number of H-pyrrole nitrogens is 1. The number of benzene rings is 1. The van der Waals surface area contributed by atoms with Gasteiger partial charge in [0.15, 0.2) is 0 Å². The van der Waals surface area contributed by atoms with E-state index in [0.29, 0.717) is 37.9 Å². The van der Waals surface area contributed by atoms with Gasteiger partial charge in [0.05, 0.1) is 0 Å². The number of piperazine rings is 1. The van der Waals surface area contributed by atoms with Crippen molar-refractivity contribution in [3.05, 3.63) is 30.0 Å². The number of ether oxygens (including phenoxy) is 2. The minimum Gasteiger partial charge on any atom is -0.490 e. The molecule has 0 unspecified atom stereocenters. The minimum absolute atomic E-state index is 0.0523. The summed E-state index contributed by atoms with van der Waals surface area (Å²) < 4.78 is 11.7. The molecule has 2 saturated heterocycles. The van der Waals surface area contributed by atoms with Crippen molar-refractivity contribution >= 4 is 22.9 Å². The Morgan fingerprint density at radius 3 is 2.24 bits per heavy atom. The summed E-state index contributed by atoms with van der Waals surface area (Å²) in [5.41, 5.74) is 0.948. The van der Waals surface area contributed by atoms with Crippen LogP contribution in [0.1, 0.15) is 57.9 Å². The topological polar surface area (TPSA) is 78.1 Å². The second-order valence-electron chi connectivity index (χ2n) is 10.6. The monoisotopic (exact) mass is 470 g/mol. The Labute approximate surface area is 202 Å². The number of rotatable bonds is 4. The lowest BCUT2D eigenvalue weighted by atomic mass is 10.1. The quantitative estimate of drug-likeness (QED) is 0.728.